The number of methoxy groups -OCH3 is 2. The van der Waals surface area contributed by atoms with Crippen LogP contribution in [0.2, 0.25) is 0 Å². The van der Waals surface area contributed by atoms with Crippen LogP contribution in [0.15, 0.2) is 86.8 Å². The third-order valence-electron chi connectivity index (χ3n) is 10.6. The largest absolute Gasteiger partial charge is 0.465 e. The fraction of sp³-hybridized carbons (Fsp3) is 0.419. The summed E-state index contributed by atoms with van der Waals surface area (Å²) in [6.45, 7) is 17.0. The molecule has 10 heteroatoms. The number of aromatic nitrogens is 2. The van der Waals surface area contributed by atoms with Gasteiger partial charge in [-0.25, -0.2) is 9.59 Å². The van der Waals surface area contributed by atoms with E-state index in [1.54, 1.807) is 23.1 Å². The van der Waals surface area contributed by atoms with Gasteiger partial charge in [0.25, 0.3) is 0 Å². The van der Waals surface area contributed by atoms with Gasteiger partial charge in [0, 0.05) is 40.6 Å². The molecule has 1 aromatic heterocycles. The maximum atomic E-state index is 12.9. The minimum atomic E-state index is -0.318. The molecule has 1 aliphatic carbocycles. The monoisotopic (exact) mass is 751 g/mol. The Hall–Kier alpha value is -4.28. The Labute approximate surface area is 322 Å². The van der Waals surface area contributed by atoms with E-state index in [4.69, 9.17) is 9.47 Å². The van der Waals surface area contributed by atoms with Gasteiger partial charge in [-0.05, 0) is 74.4 Å². The summed E-state index contributed by atoms with van der Waals surface area (Å²) in [4.78, 5) is 29.4. The number of ether oxygens (including phenoxy) is 2. The van der Waals surface area contributed by atoms with Gasteiger partial charge in [-0.15, -0.1) is 10.2 Å². The third kappa shape index (κ3) is 6.96. The predicted molar refractivity (Wildman–Crippen MR) is 216 cm³/mol. The van der Waals surface area contributed by atoms with E-state index in [-0.39, 0.29) is 22.8 Å². The molecule has 53 heavy (non-hydrogen) atoms. The van der Waals surface area contributed by atoms with Crippen molar-refractivity contribution in [3.63, 3.8) is 0 Å². The van der Waals surface area contributed by atoms with Gasteiger partial charge in [-0.3, -0.25) is 0 Å². The van der Waals surface area contributed by atoms with Crippen molar-refractivity contribution in [2.24, 2.45) is 0 Å². The standard InChI is InChI=1S/C43H51N4O4S2/c1-10-25-46-33(42(4,5)31-17-13-15-29(36(31)46)39(48)50-8)23-21-27-19-20-28(38(27)53-41-45-44-35(12-3)52-41)22-24-34-43(6,7)32-18-14-16-30(40(49)51-9)37(32)47(34)26-11-2/h13-18,21-24H,10-12,19-20,25-26H2,1-9H3/q+1. The number of benzene rings is 2. The van der Waals surface area contributed by atoms with Crippen molar-refractivity contribution in [1.82, 2.24) is 10.2 Å². The number of carbonyl (C=O) groups excluding carboxylic acids is 2. The first-order valence-electron chi connectivity index (χ1n) is 18.6. The Morgan fingerprint density at radius 3 is 2.25 bits per heavy atom. The second-order valence-electron chi connectivity index (χ2n) is 14.7. The van der Waals surface area contributed by atoms with Crippen molar-refractivity contribution in [1.29, 1.82) is 0 Å². The molecule has 278 valence electrons. The van der Waals surface area contributed by atoms with Crippen LogP contribution in [0.5, 0.6) is 0 Å². The van der Waals surface area contributed by atoms with Crippen LogP contribution in [0.4, 0.5) is 11.4 Å². The average Bonchev–Trinajstić information content (AvgIpc) is 3.88. The van der Waals surface area contributed by atoms with Crippen molar-refractivity contribution in [3.05, 3.63) is 110 Å². The van der Waals surface area contributed by atoms with Crippen molar-refractivity contribution >= 4 is 52.1 Å². The van der Waals surface area contributed by atoms with E-state index in [1.165, 1.54) is 30.3 Å². The molecule has 6 rings (SSSR count). The topological polar surface area (TPSA) is 84.6 Å². The van der Waals surface area contributed by atoms with E-state index in [9.17, 15) is 9.59 Å². The van der Waals surface area contributed by atoms with Crippen LogP contribution in [-0.4, -0.2) is 59.7 Å². The zero-order valence-corrected chi connectivity index (χ0v) is 34.1. The maximum absolute atomic E-state index is 12.9. The fourth-order valence-electron chi connectivity index (χ4n) is 7.95. The quantitative estimate of drug-likeness (QED) is 0.134. The molecule has 0 spiro atoms. The molecule has 2 aliphatic heterocycles. The summed E-state index contributed by atoms with van der Waals surface area (Å²) >= 11 is 3.35. The summed E-state index contributed by atoms with van der Waals surface area (Å²) in [5, 5.41) is 10.0. The molecule has 0 fully saturated rings. The third-order valence-corrected chi connectivity index (χ3v) is 12.9. The zero-order valence-electron chi connectivity index (χ0n) is 32.5. The van der Waals surface area contributed by atoms with Gasteiger partial charge in [0.05, 0.1) is 30.9 Å². The van der Waals surface area contributed by atoms with E-state index in [2.05, 4.69) is 105 Å². The van der Waals surface area contributed by atoms with Gasteiger partial charge in [-0.1, -0.05) is 94.1 Å². The van der Waals surface area contributed by atoms with Crippen LogP contribution in [0.25, 0.3) is 0 Å². The molecule has 3 aliphatic rings. The zero-order chi connectivity index (χ0) is 38.1. The molecule has 0 unspecified atom stereocenters. The Bertz CT molecular complexity index is 2100. The Morgan fingerprint density at radius 1 is 0.887 bits per heavy atom. The predicted octanol–water partition coefficient (Wildman–Crippen LogP) is 9.87. The summed E-state index contributed by atoms with van der Waals surface area (Å²) in [6.07, 6.45) is 13.6. The van der Waals surface area contributed by atoms with Crippen LogP contribution in [0.3, 0.4) is 0 Å². The molecule has 0 bridgehead atoms. The van der Waals surface area contributed by atoms with Crippen LogP contribution in [0.1, 0.15) is 111 Å². The lowest BCUT2D eigenvalue weighted by atomic mass is 9.80. The summed E-state index contributed by atoms with van der Waals surface area (Å²) in [5.41, 5.74) is 9.54. The minimum absolute atomic E-state index is 0.315. The lowest BCUT2D eigenvalue weighted by Crippen LogP contribution is -2.27. The van der Waals surface area contributed by atoms with Crippen LogP contribution < -0.4 is 4.90 Å². The molecule has 3 heterocycles. The molecule has 0 N–H and O–H groups in total. The minimum Gasteiger partial charge on any atom is -0.465 e. The number of anilines is 1. The van der Waals surface area contributed by atoms with E-state index in [0.717, 1.165) is 88.5 Å². The van der Waals surface area contributed by atoms with Gasteiger partial charge in [0.2, 0.25) is 5.69 Å². The summed E-state index contributed by atoms with van der Waals surface area (Å²) in [6, 6.07) is 11.9. The van der Waals surface area contributed by atoms with Crippen molar-refractivity contribution in [2.75, 3.05) is 32.2 Å². The number of nitrogens with zero attached hydrogens (tertiary/aromatic N) is 4. The molecule has 0 atom stereocenters. The highest BCUT2D eigenvalue weighted by molar-refractivity contribution is 8.04. The molecular formula is C43H51N4O4S2+. The Kier molecular flexibility index (Phi) is 11.3. The second-order valence-corrected chi connectivity index (χ2v) is 17.0. The molecular weight excluding hydrogens is 701 g/mol. The highest BCUT2D eigenvalue weighted by Crippen LogP contribution is 2.51. The molecule has 0 saturated heterocycles. The van der Waals surface area contributed by atoms with Crippen LogP contribution >= 0.6 is 23.1 Å². The van der Waals surface area contributed by atoms with E-state index < -0.39 is 0 Å². The molecule has 0 saturated carbocycles. The molecule has 2 aromatic carbocycles. The number of rotatable bonds is 12. The number of fused-ring (bicyclic) bond motifs is 2. The Balaban J connectivity index is 1.46. The maximum Gasteiger partial charge on any atom is 0.344 e. The second kappa shape index (κ2) is 15.6. The number of para-hydroxylation sites is 2. The summed E-state index contributed by atoms with van der Waals surface area (Å²) < 4.78 is 13.7. The number of aryl methyl sites for hydroxylation is 1. The number of thioether (sulfide) groups is 1. The van der Waals surface area contributed by atoms with Crippen molar-refractivity contribution < 1.29 is 23.6 Å². The van der Waals surface area contributed by atoms with Crippen molar-refractivity contribution in [3.8, 4) is 0 Å². The highest BCUT2D eigenvalue weighted by Gasteiger charge is 2.47. The van der Waals surface area contributed by atoms with Gasteiger partial charge in [-0.2, -0.15) is 4.58 Å². The summed E-state index contributed by atoms with van der Waals surface area (Å²) in [5.74, 6) is -0.637. The number of carbonyl (C=O) groups is 2. The van der Waals surface area contributed by atoms with Crippen molar-refractivity contribution in [2.45, 2.75) is 95.7 Å². The van der Waals surface area contributed by atoms with Gasteiger partial charge < -0.3 is 14.4 Å². The normalized spacial score (nSPS) is 18.8. The first-order chi connectivity index (χ1) is 25.4. The molecule has 0 amide bonds. The SMILES string of the molecule is CCCN1/C(=C/C=C2\CCC(/C=C/C3=[N+](CCC)c4c(C(=O)OC)cccc4C3(C)C)=C2Sc2nnc(CC)s2)C(C)(C)c2cccc(C(=O)OC)c21. The average molecular weight is 752 g/mol. The molecule has 8 nitrogen and oxygen atoms in total. The Morgan fingerprint density at radius 2 is 1.58 bits per heavy atom. The van der Waals surface area contributed by atoms with Crippen LogP contribution in [0, 0.1) is 0 Å². The first kappa shape index (κ1) is 38.4. The number of allylic oxidation sites excluding steroid dienone is 7. The smallest absolute Gasteiger partial charge is 0.344 e. The lowest BCUT2D eigenvalue weighted by molar-refractivity contribution is -0.437. The van der Waals surface area contributed by atoms with Crippen LogP contribution in [-0.2, 0) is 26.7 Å². The highest BCUT2D eigenvalue weighted by atomic mass is 32.2. The fourth-order valence-corrected chi connectivity index (χ4v) is 10.0. The van der Waals surface area contributed by atoms with Gasteiger partial charge >= 0.3 is 11.9 Å². The first-order valence-corrected chi connectivity index (χ1v) is 20.2. The van der Waals surface area contributed by atoms with E-state index >= 15 is 0 Å². The van der Waals surface area contributed by atoms with E-state index in [1.807, 2.05) is 24.3 Å². The number of hydrogen-bond acceptors (Lipinski definition) is 9. The van der Waals surface area contributed by atoms with E-state index in [0.29, 0.717) is 11.1 Å². The van der Waals surface area contributed by atoms with Gasteiger partial charge in [0.15, 0.2) is 10.1 Å². The lowest BCUT2D eigenvalue weighted by Gasteiger charge is -2.27. The molecule has 3 aromatic rings. The molecule has 0 radical (unpaired) electrons. The number of hydrogen-bond donors (Lipinski definition) is 0. The van der Waals surface area contributed by atoms with Gasteiger partial charge in [0.1, 0.15) is 17.1 Å². The number of esters is 2. The summed E-state index contributed by atoms with van der Waals surface area (Å²) in [7, 11) is 2.89.